The second-order valence-electron chi connectivity index (χ2n) is 4.90. The van der Waals surface area contributed by atoms with Crippen LogP contribution in [0.1, 0.15) is 25.7 Å². The van der Waals surface area contributed by atoms with Gasteiger partial charge >= 0.3 is 0 Å². The fraction of sp³-hybridized carbons (Fsp3) is 1.00. The molecule has 0 aromatic carbocycles. The maximum absolute atomic E-state index is 5.15. The Kier molecular flexibility index (Phi) is 4.42. The Labute approximate surface area is 93.2 Å². The highest BCUT2D eigenvalue weighted by atomic mass is 16.5. The van der Waals surface area contributed by atoms with E-state index in [4.69, 9.17) is 4.74 Å². The number of likely N-dealkylation sites (tertiary alicyclic amines) is 1. The number of rotatable bonds is 4. The Morgan fingerprint density at radius 3 is 3.00 bits per heavy atom. The van der Waals surface area contributed by atoms with Gasteiger partial charge in [0.1, 0.15) is 0 Å². The predicted molar refractivity (Wildman–Crippen MR) is 62.1 cm³/mol. The Hall–Kier alpha value is -0.120. The van der Waals surface area contributed by atoms with Gasteiger partial charge < -0.3 is 15.0 Å². The Morgan fingerprint density at radius 2 is 2.27 bits per heavy atom. The molecule has 3 nitrogen and oxygen atoms in total. The number of piperidine rings is 1. The van der Waals surface area contributed by atoms with Crippen LogP contribution >= 0.6 is 0 Å². The largest absolute Gasteiger partial charge is 0.383 e. The predicted octanol–water partition coefficient (Wildman–Crippen LogP) is 1.10. The van der Waals surface area contributed by atoms with Gasteiger partial charge in [0, 0.05) is 26.2 Å². The molecule has 0 aromatic rings. The smallest absolute Gasteiger partial charge is 0.0589 e. The minimum Gasteiger partial charge on any atom is -0.383 e. The normalized spacial score (nSPS) is 33.4. The summed E-state index contributed by atoms with van der Waals surface area (Å²) in [5.41, 5.74) is 0. The van der Waals surface area contributed by atoms with Crippen LogP contribution in [0.2, 0.25) is 0 Å². The minimum atomic E-state index is 0.801. The van der Waals surface area contributed by atoms with Crippen LogP contribution in [-0.2, 0) is 4.74 Å². The molecule has 1 N–H and O–H groups in total. The summed E-state index contributed by atoms with van der Waals surface area (Å²) in [6, 6.07) is 0.801. The summed E-state index contributed by atoms with van der Waals surface area (Å²) in [6.45, 7) is 5.78. The molecule has 0 aliphatic carbocycles. The van der Waals surface area contributed by atoms with Crippen LogP contribution < -0.4 is 5.32 Å². The van der Waals surface area contributed by atoms with Crippen molar-refractivity contribution >= 4 is 0 Å². The number of nitrogens with zero attached hydrogens (tertiary/aromatic N) is 1. The van der Waals surface area contributed by atoms with Crippen LogP contribution in [0.3, 0.4) is 0 Å². The van der Waals surface area contributed by atoms with Crippen LogP contribution in [0.4, 0.5) is 0 Å². The van der Waals surface area contributed by atoms with Gasteiger partial charge in [0.15, 0.2) is 0 Å². The highest BCUT2D eigenvalue weighted by molar-refractivity contribution is 4.86. The summed E-state index contributed by atoms with van der Waals surface area (Å²) >= 11 is 0. The van der Waals surface area contributed by atoms with Crippen molar-refractivity contribution in [1.29, 1.82) is 0 Å². The molecule has 88 valence electrons. The number of hydrogen-bond acceptors (Lipinski definition) is 3. The number of ether oxygens (including phenoxy) is 1. The second-order valence-corrected chi connectivity index (χ2v) is 4.90. The Bertz CT molecular complexity index is 180. The fourth-order valence-electron chi connectivity index (χ4n) is 2.96. The van der Waals surface area contributed by atoms with Crippen molar-refractivity contribution in [3.63, 3.8) is 0 Å². The standard InChI is InChI=1S/C12H24N2O/c1-15-9-8-14-7-3-4-11(10-14)12-5-2-6-13-12/h11-13H,2-10H2,1H3. The van der Waals surface area contributed by atoms with Crippen LogP contribution in [0.15, 0.2) is 0 Å². The zero-order valence-corrected chi connectivity index (χ0v) is 9.87. The summed E-state index contributed by atoms with van der Waals surface area (Å²) in [5, 5.41) is 3.65. The third-order valence-corrected chi connectivity index (χ3v) is 3.82. The molecule has 0 amide bonds. The van der Waals surface area contributed by atoms with Crippen molar-refractivity contribution in [2.45, 2.75) is 31.7 Å². The second kappa shape index (κ2) is 5.83. The van der Waals surface area contributed by atoms with Crippen LogP contribution in [0.5, 0.6) is 0 Å². The molecule has 0 spiro atoms. The highest BCUT2D eigenvalue weighted by Crippen LogP contribution is 2.24. The van der Waals surface area contributed by atoms with E-state index in [2.05, 4.69) is 10.2 Å². The van der Waals surface area contributed by atoms with Gasteiger partial charge in [-0.15, -0.1) is 0 Å². The van der Waals surface area contributed by atoms with Gasteiger partial charge in [0.25, 0.3) is 0 Å². The molecule has 0 radical (unpaired) electrons. The summed E-state index contributed by atoms with van der Waals surface area (Å²) < 4.78 is 5.15. The zero-order chi connectivity index (χ0) is 10.5. The molecule has 2 saturated heterocycles. The Morgan fingerprint density at radius 1 is 1.33 bits per heavy atom. The van der Waals surface area contributed by atoms with Crippen molar-refractivity contribution < 1.29 is 4.74 Å². The lowest BCUT2D eigenvalue weighted by atomic mass is 9.90. The molecule has 2 atom stereocenters. The van der Waals surface area contributed by atoms with Gasteiger partial charge in [-0.25, -0.2) is 0 Å². The molecule has 2 aliphatic heterocycles. The van der Waals surface area contributed by atoms with E-state index in [1.165, 1.54) is 45.3 Å². The lowest BCUT2D eigenvalue weighted by Crippen LogP contribution is -2.44. The molecule has 0 saturated carbocycles. The van der Waals surface area contributed by atoms with Gasteiger partial charge in [-0.2, -0.15) is 0 Å². The molecule has 0 bridgehead atoms. The van der Waals surface area contributed by atoms with Gasteiger partial charge in [0.2, 0.25) is 0 Å². The maximum atomic E-state index is 5.15. The van der Waals surface area contributed by atoms with Crippen molar-refractivity contribution in [2.75, 3.05) is 39.9 Å². The first-order valence-electron chi connectivity index (χ1n) is 6.35. The van der Waals surface area contributed by atoms with Crippen molar-refractivity contribution in [3.05, 3.63) is 0 Å². The summed E-state index contributed by atoms with van der Waals surface area (Å²) in [7, 11) is 1.79. The maximum Gasteiger partial charge on any atom is 0.0589 e. The van der Waals surface area contributed by atoms with E-state index in [-0.39, 0.29) is 0 Å². The van der Waals surface area contributed by atoms with Crippen LogP contribution in [0.25, 0.3) is 0 Å². The first-order chi connectivity index (χ1) is 7.40. The van der Waals surface area contributed by atoms with E-state index in [9.17, 15) is 0 Å². The topological polar surface area (TPSA) is 24.5 Å². The van der Waals surface area contributed by atoms with Crippen molar-refractivity contribution in [3.8, 4) is 0 Å². The van der Waals surface area contributed by atoms with E-state index >= 15 is 0 Å². The lowest BCUT2D eigenvalue weighted by molar-refractivity contribution is 0.105. The molecule has 2 fully saturated rings. The SMILES string of the molecule is COCCN1CCCC(C2CCCN2)C1. The number of nitrogens with one attached hydrogen (secondary N) is 1. The fourth-order valence-corrected chi connectivity index (χ4v) is 2.96. The summed E-state index contributed by atoms with van der Waals surface area (Å²) in [6.07, 6.45) is 5.55. The summed E-state index contributed by atoms with van der Waals surface area (Å²) in [5.74, 6) is 0.887. The van der Waals surface area contributed by atoms with Gasteiger partial charge in [-0.3, -0.25) is 0 Å². The zero-order valence-electron chi connectivity index (χ0n) is 9.87. The quantitative estimate of drug-likeness (QED) is 0.755. The molecule has 2 rings (SSSR count). The van der Waals surface area contributed by atoms with E-state index < -0.39 is 0 Å². The molecule has 3 heteroatoms. The minimum absolute atomic E-state index is 0.801. The number of methoxy groups -OCH3 is 1. The van der Waals surface area contributed by atoms with Crippen molar-refractivity contribution in [1.82, 2.24) is 10.2 Å². The molecule has 15 heavy (non-hydrogen) atoms. The molecular formula is C12H24N2O. The van der Waals surface area contributed by atoms with Crippen LogP contribution in [0, 0.1) is 5.92 Å². The van der Waals surface area contributed by atoms with E-state index in [1.54, 1.807) is 7.11 Å². The molecular weight excluding hydrogens is 188 g/mol. The average Bonchev–Trinajstić information content (AvgIpc) is 2.80. The molecule has 2 aliphatic rings. The van der Waals surface area contributed by atoms with Gasteiger partial charge in [-0.05, 0) is 44.7 Å². The molecule has 2 unspecified atom stereocenters. The first kappa shape index (κ1) is 11.4. The first-order valence-corrected chi connectivity index (χ1v) is 6.35. The Balaban J connectivity index is 1.75. The van der Waals surface area contributed by atoms with Crippen molar-refractivity contribution in [2.24, 2.45) is 5.92 Å². The van der Waals surface area contributed by atoms with Gasteiger partial charge in [0.05, 0.1) is 6.61 Å². The third kappa shape index (κ3) is 3.16. The molecule has 2 heterocycles. The van der Waals surface area contributed by atoms with Gasteiger partial charge in [-0.1, -0.05) is 0 Å². The highest BCUT2D eigenvalue weighted by Gasteiger charge is 2.28. The monoisotopic (exact) mass is 212 g/mol. The van der Waals surface area contributed by atoms with Crippen LogP contribution in [-0.4, -0.2) is 50.8 Å². The average molecular weight is 212 g/mol. The lowest BCUT2D eigenvalue weighted by Gasteiger charge is -2.35. The third-order valence-electron chi connectivity index (χ3n) is 3.82. The van der Waals surface area contributed by atoms with E-state index in [0.717, 1.165) is 25.1 Å². The molecule has 0 aromatic heterocycles. The van der Waals surface area contributed by atoms with E-state index in [0.29, 0.717) is 0 Å². The summed E-state index contributed by atoms with van der Waals surface area (Å²) in [4.78, 5) is 2.57. The number of hydrogen-bond donors (Lipinski definition) is 1. The van der Waals surface area contributed by atoms with E-state index in [1.807, 2.05) is 0 Å².